The maximum atomic E-state index is 13.6. The van der Waals surface area contributed by atoms with Crippen molar-refractivity contribution in [1.29, 1.82) is 0 Å². The van der Waals surface area contributed by atoms with Crippen molar-refractivity contribution in [3.63, 3.8) is 0 Å². The maximum absolute atomic E-state index is 13.6. The Morgan fingerprint density at radius 3 is 2.19 bits per heavy atom. The normalized spacial score (nSPS) is 13.1. The molecule has 0 aliphatic carbocycles. The van der Waals surface area contributed by atoms with Gasteiger partial charge in [0.15, 0.2) is 5.82 Å². The van der Waals surface area contributed by atoms with Crippen LogP contribution in [0.15, 0.2) is 49.1 Å². The summed E-state index contributed by atoms with van der Waals surface area (Å²) in [6, 6.07) is 7.15. The smallest absolute Gasteiger partial charge is 0.237 e. The van der Waals surface area contributed by atoms with Gasteiger partial charge in [-0.15, -0.1) is 5.10 Å². The molecule has 0 bridgehead atoms. The molecule has 37 heavy (non-hydrogen) atoms. The molecule has 0 aliphatic rings. The summed E-state index contributed by atoms with van der Waals surface area (Å²) in [6.07, 6.45) is 6.66. The number of sulfonamides is 1. The van der Waals surface area contributed by atoms with Gasteiger partial charge in [-0.25, -0.2) is 23.1 Å². The average Bonchev–Trinajstić information content (AvgIpc) is 3.29. The third-order valence-electron chi connectivity index (χ3n) is 6.08. The lowest BCUT2D eigenvalue weighted by molar-refractivity contribution is 0.397. The Bertz CT molecular complexity index is 1480. The van der Waals surface area contributed by atoms with Gasteiger partial charge in [-0.1, -0.05) is 18.2 Å². The number of nitrogens with zero attached hydrogens (tertiary/aromatic N) is 6. The molecule has 194 valence electrons. The fourth-order valence-corrected chi connectivity index (χ4v) is 5.09. The molecule has 0 saturated heterocycles. The van der Waals surface area contributed by atoms with Crippen LogP contribution in [0.25, 0.3) is 16.9 Å². The van der Waals surface area contributed by atoms with Gasteiger partial charge in [0.05, 0.1) is 36.9 Å². The van der Waals surface area contributed by atoms with Gasteiger partial charge in [-0.05, 0) is 50.1 Å². The minimum atomic E-state index is -3.96. The summed E-state index contributed by atoms with van der Waals surface area (Å²) in [5.74, 6) is 0.882. The predicted octanol–water partition coefficient (Wildman–Crippen LogP) is 3.69. The molecule has 0 aliphatic heterocycles. The molecule has 11 nitrogen and oxygen atoms in total. The number of methoxy groups -OCH3 is 2. The zero-order valence-corrected chi connectivity index (χ0v) is 22.3. The van der Waals surface area contributed by atoms with E-state index in [0.717, 1.165) is 11.1 Å². The molecule has 12 heteroatoms. The molecule has 0 fully saturated rings. The highest BCUT2D eigenvalue weighted by atomic mass is 32.2. The fourth-order valence-electron chi connectivity index (χ4n) is 3.84. The van der Waals surface area contributed by atoms with Crippen LogP contribution in [0.2, 0.25) is 0 Å². The van der Waals surface area contributed by atoms with Gasteiger partial charge in [0.25, 0.3) is 0 Å². The lowest BCUT2D eigenvalue weighted by Gasteiger charge is -2.20. The highest BCUT2D eigenvalue weighted by Gasteiger charge is 2.33. The summed E-state index contributed by atoms with van der Waals surface area (Å²) < 4.78 is 42.5. The van der Waals surface area contributed by atoms with Crippen molar-refractivity contribution < 1.29 is 17.9 Å². The van der Waals surface area contributed by atoms with Crippen molar-refractivity contribution in [3.05, 3.63) is 66.0 Å². The molecule has 3 heterocycles. The van der Waals surface area contributed by atoms with Crippen molar-refractivity contribution in [2.75, 3.05) is 18.9 Å². The minimum absolute atomic E-state index is 0.0215. The molecule has 4 rings (SSSR count). The molecule has 0 amide bonds. The highest BCUT2D eigenvalue weighted by Crippen LogP contribution is 2.42. The Labute approximate surface area is 216 Å². The van der Waals surface area contributed by atoms with Crippen molar-refractivity contribution in [2.24, 2.45) is 0 Å². The quantitative estimate of drug-likeness (QED) is 0.348. The third kappa shape index (κ3) is 5.24. The molecular weight excluding hydrogens is 494 g/mol. The number of ether oxygens (including phenoxy) is 2. The summed E-state index contributed by atoms with van der Waals surface area (Å²) >= 11 is 0. The molecular formula is C25H29N7O4S. The fraction of sp³-hybridized carbons (Fsp3) is 0.320. The third-order valence-corrected chi connectivity index (χ3v) is 7.95. The average molecular weight is 524 g/mol. The largest absolute Gasteiger partial charge is 0.496 e. The first kappa shape index (κ1) is 26.0. The van der Waals surface area contributed by atoms with E-state index in [2.05, 4.69) is 30.0 Å². The van der Waals surface area contributed by atoms with Crippen LogP contribution in [0.4, 0.5) is 5.82 Å². The first-order chi connectivity index (χ1) is 17.7. The molecule has 2 atom stereocenters. The van der Waals surface area contributed by atoms with Crippen molar-refractivity contribution in [2.45, 2.75) is 38.9 Å². The van der Waals surface area contributed by atoms with Crippen LogP contribution < -0.4 is 14.2 Å². The van der Waals surface area contributed by atoms with Crippen LogP contribution in [0.3, 0.4) is 0 Å². The first-order valence-corrected chi connectivity index (χ1v) is 13.1. The molecule has 1 N–H and O–H groups in total. The van der Waals surface area contributed by atoms with E-state index < -0.39 is 21.2 Å². The van der Waals surface area contributed by atoms with Crippen molar-refractivity contribution in [3.8, 4) is 28.4 Å². The van der Waals surface area contributed by atoms with Crippen LogP contribution in [-0.2, 0) is 10.0 Å². The van der Waals surface area contributed by atoms with Crippen LogP contribution >= 0.6 is 0 Å². The Kier molecular flexibility index (Phi) is 7.39. The Morgan fingerprint density at radius 2 is 1.59 bits per heavy atom. The number of hydrogen-bond acceptors (Lipinski definition) is 9. The van der Waals surface area contributed by atoms with Crippen molar-refractivity contribution in [1.82, 2.24) is 29.9 Å². The van der Waals surface area contributed by atoms with Gasteiger partial charge in [0.2, 0.25) is 10.0 Å². The number of pyridine rings is 1. The van der Waals surface area contributed by atoms with Gasteiger partial charge in [-0.3, -0.25) is 9.71 Å². The number of benzene rings is 1. The summed E-state index contributed by atoms with van der Waals surface area (Å²) in [7, 11) is -0.913. The monoisotopic (exact) mass is 523 g/mol. The van der Waals surface area contributed by atoms with E-state index >= 15 is 0 Å². The van der Waals surface area contributed by atoms with Gasteiger partial charge in [0, 0.05) is 24.5 Å². The predicted molar refractivity (Wildman–Crippen MR) is 140 cm³/mol. The molecule has 4 aromatic rings. The molecule has 0 unspecified atom stereocenters. The van der Waals surface area contributed by atoms with E-state index in [1.54, 1.807) is 56.8 Å². The van der Waals surface area contributed by atoms with E-state index in [1.807, 2.05) is 19.9 Å². The highest BCUT2D eigenvalue weighted by molar-refractivity contribution is 7.93. The van der Waals surface area contributed by atoms with E-state index in [9.17, 15) is 8.42 Å². The molecule has 0 saturated carbocycles. The van der Waals surface area contributed by atoms with Crippen molar-refractivity contribution >= 4 is 15.8 Å². The van der Waals surface area contributed by atoms with Crippen LogP contribution in [-0.4, -0.2) is 57.8 Å². The van der Waals surface area contributed by atoms with E-state index in [0.29, 0.717) is 34.3 Å². The first-order valence-electron chi connectivity index (χ1n) is 11.6. The van der Waals surface area contributed by atoms with Crippen LogP contribution in [0.1, 0.15) is 36.7 Å². The molecule has 0 radical (unpaired) electrons. The second-order valence-corrected chi connectivity index (χ2v) is 10.8. The van der Waals surface area contributed by atoms with Gasteiger partial charge >= 0.3 is 0 Å². The van der Waals surface area contributed by atoms with E-state index in [4.69, 9.17) is 9.47 Å². The minimum Gasteiger partial charge on any atom is -0.496 e. The van der Waals surface area contributed by atoms with Gasteiger partial charge in [0.1, 0.15) is 23.0 Å². The number of hydrogen-bond donors (Lipinski definition) is 1. The topological polar surface area (TPSA) is 134 Å². The SMILES string of the molecule is COc1cccc(OC)c1-c1c(NS(=O)(=O)[C@@H](C)[C@H](C)c2ncc(C)cn2)nnn1-c1cncc(C)c1. The maximum Gasteiger partial charge on any atom is 0.237 e. The summed E-state index contributed by atoms with van der Waals surface area (Å²) in [4.78, 5) is 12.9. The number of aryl methyl sites for hydroxylation is 2. The Morgan fingerprint density at radius 1 is 0.946 bits per heavy atom. The van der Waals surface area contributed by atoms with E-state index in [1.165, 1.54) is 18.9 Å². The molecule has 3 aromatic heterocycles. The number of nitrogens with one attached hydrogen (secondary N) is 1. The number of rotatable bonds is 9. The Balaban J connectivity index is 1.83. The summed E-state index contributed by atoms with van der Waals surface area (Å²) in [5.41, 5.74) is 3.21. The van der Waals surface area contributed by atoms with Crippen LogP contribution in [0.5, 0.6) is 11.5 Å². The summed E-state index contributed by atoms with van der Waals surface area (Å²) in [5, 5.41) is 7.61. The van der Waals surface area contributed by atoms with Gasteiger partial charge in [-0.2, -0.15) is 0 Å². The van der Waals surface area contributed by atoms with E-state index in [-0.39, 0.29) is 5.82 Å². The lowest BCUT2D eigenvalue weighted by atomic mass is 10.1. The van der Waals surface area contributed by atoms with Crippen LogP contribution in [0, 0.1) is 13.8 Å². The second kappa shape index (κ2) is 10.5. The zero-order chi connectivity index (χ0) is 26.7. The summed E-state index contributed by atoms with van der Waals surface area (Å²) in [6.45, 7) is 7.15. The second-order valence-electron chi connectivity index (χ2n) is 8.72. The molecule has 1 aromatic carbocycles. The lowest BCUT2D eigenvalue weighted by Crippen LogP contribution is -2.31. The zero-order valence-electron chi connectivity index (χ0n) is 21.5. The standard InChI is InChI=1S/C25H29N7O4S/c1-15-10-19(14-26-11-15)32-23(22-20(35-5)8-7-9-21(22)36-6)25(29-31-32)30-37(33,34)18(4)17(3)24-27-12-16(2)13-28-24/h7-14,17-18,30H,1-6H3/t17-,18-/m0/s1. The number of aromatic nitrogens is 6. The number of anilines is 1. The van der Waals surface area contributed by atoms with Gasteiger partial charge < -0.3 is 9.47 Å². The Hall–Kier alpha value is -4.06. The molecule has 0 spiro atoms.